The van der Waals surface area contributed by atoms with Gasteiger partial charge in [0.1, 0.15) is 17.0 Å². The van der Waals surface area contributed by atoms with Crippen molar-refractivity contribution in [3.05, 3.63) is 69.7 Å². The van der Waals surface area contributed by atoms with Crippen LogP contribution < -0.4 is 15.4 Å². The van der Waals surface area contributed by atoms with Crippen LogP contribution in [0.2, 0.25) is 10.0 Å². The minimum Gasteiger partial charge on any atom is -0.507 e. The van der Waals surface area contributed by atoms with Gasteiger partial charge in [-0.2, -0.15) is 0 Å². The highest BCUT2D eigenvalue weighted by molar-refractivity contribution is 7.80. The summed E-state index contributed by atoms with van der Waals surface area (Å²) in [5.74, 6) is -0.0856. The second-order valence-electron chi connectivity index (χ2n) is 7.05. The molecule has 0 aliphatic heterocycles. The molecule has 0 saturated carbocycles. The number of nitrogens with zero attached hydrogens (tertiary/aromatic N) is 1. The fourth-order valence-electron chi connectivity index (χ4n) is 3.27. The molecule has 0 aliphatic rings. The Morgan fingerprint density at radius 2 is 1.94 bits per heavy atom. The van der Waals surface area contributed by atoms with E-state index >= 15 is 0 Å². The number of hydrogen-bond acceptors (Lipinski definition) is 6. The van der Waals surface area contributed by atoms with E-state index in [1.807, 2.05) is 18.2 Å². The first kappa shape index (κ1) is 22.8. The maximum absolute atomic E-state index is 12.7. The number of benzene rings is 3. The van der Waals surface area contributed by atoms with Gasteiger partial charge in [0.05, 0.1) is 23.3 Å². The van der Waals surface area contributed by atoms with E-state index in [1.54, 1.807) is 25.1 Å². The first-order valence-electron chi connectivity index (χ1n) is 9.61. The van der Waals surface area contributed by atoms with Gasteiger partial charge in [0.2, 0.25) is 5.89 Å². The average molecular weight is 502 g/mol. The molecule has 0 spiro atoms. The molecule has 4 aromatic rings. The predicted molar refractivity (Wildman–Crippen MR) is 133 cm³/mol. The lowest BCUT2D eigenvalue weighted by molar-refractivity contribution is 0.0974. The number of para-hydroxylation sites is 2. The molecule has 7 nitrogen and oxygen atoms in total. The van der Waals surface area contributed by atoms with E-state index in [2.05, 4.69) is 15.6 Å². The number of carbonyl (C=O) groups is 1. The van der Waals surface area contributed by atoms with E-state index in [0.29, 0.717) is 27.9 Å². The number of aromatic hydroxyl groups is 1. The molecular formula is C23H17Cl2N3O4S. The number of thiocarbonyl (C=S) groups is 1. The molecule has 0 unspecified atom stereocenters. The second kappa shape index (κ2) is 9.27. The summed E-state index contributed by atoms with van der Waals surface area (Å²) in [6, 6.07) is 13.5. The van der Waals surface area contributed by atoms with Crippen LogP contribution in [0, 0.1) is 6.92 Å². The van der Waals surface area contributed by atoms with Crippen molar-refractivity contribution in [3.63, 3.8) is 0 Å². The molecule has 168 valence electrons. The van der Waals surface area contributed by atoms with E-state index in [0.717, 1.165) is 0 Å². The highest BCUT2D eigenvalue weighted by Gasteiger charge is 2.19. The normalized spacial score (nSPS) is 10.8. The van der Waals surface area contributed by atoms with Gasteiger partial charge in [0.25, 0.3) is 5.91 Å². The van der Waals surface area contributed by atoms with E-state index in [4.69, 9.17) is 44.6 Å². The Bertz CT molecular complexity index is 1370. The van der Waals surface area contributed by atoms with Crippen molar-refractivity contribution >= 4 is 63.2 Å². The Morgan fingerprint density at radius 1 is 1.18 bits per heavy atom. The van der Waals surface area contributed by atoms with Gasteiger partial charge >= 0.3 is 0 Å². The van der Waals surface area contributed by atoms with Gasteiger partial charge in [-0.15, -0.1) is 0 Å². The number of phenolic OH excluding ortho intramolecular Hbond substituents is 1. The summed E-state index contributed by atoms with van der Waals surface area (Å²) in [6.45, 7) is 1.73. The van der Waals surface area contributed by atoms with Crippen molar-refractivity contribution in [3.8, 4) is 23.0 Å². The van der Waals surface area contributed by atoms with Gasteiger partial charge < -0.3 is 19.6 Å². The average Bonchev–Trinajstić information content (AvgIpc) is 3.19. The number of rotatable bonds is 4. The van der Waals surface area contributed by atoms with E-state index < -0.39 is 5.91 Å². The molecule has 1 aromatic heterocycles. The molecule has 0 atom stereocenters. The summed E-state index contributed by atoms with van der Waals surface area (Å²) in [6.07, 6.45) is 0. The Hall–Kier alpha value is -3.33. The highest BCUT2D eigenvalue weighted by atomic mass is 35.5. The number of phenols is 1. The predicted octanol–water partition coefficient (Wildman–Crippen LogP) is 5.95. The quantitative estimate of drug-likeness (QED) is 0.234. The van der Waals surface area contributed by atoms with Crippen LogP contribution in [-0.4, -0.2) is 28.2 Å². The first-order valence-corrected chi connectivity index (χ1v) is 10.8. The number of methoxy groups -OCH3 is 1. The molecule has 1 amide bonds. The molecule has 10 heteroatoms. The summed E-state index contributed by atoms with van der Waals surface area (Å²) < 4.78 is 11.0. The summed E-state index contributed by atoms with van der Waals surface area (Å²) in [4.78, 5) is 17.2. The van der Waals surface area contributed by atoms with Crippen molar-refractivity contribution in [2.24, 2.45) is 0 Å². The molecule has 3 aromatic carbocycles. The standard InChI is InChI=1S/C23H17Cl2N3O4S/c1-11-7-13(10-14(19(11)29)22-27-17-5-3-4-6-18(17)32-22)26-23(33)28-21(30)15-8-12(24)9-16(25)20(15)31-2/h3-10,29H,1-2H3,(H2,26,28,30,33). The monoisotopic (exact) mass is 501 g/mol. The number of oxazole rings is 1. The SMILES string of the molecule is COc1c(Cl)cc(Cl)cc1C(=O)NC(=S)Nc1cc(C)c(O)c(-c2nc3ccccc3o2)c1. The zero-order chi connectivity index (χ0) is 23.7. The number of aromatic nitrogens is 1. The first-order chi connectivity index (χ1) is 15.8. The molecule has 33 heavy (non-hydrogen) atoms. The topological polar surface area (TPSA) is 96.6 Å². The number of carbonyl (C=O) groups excluding carboxylic acids is 1. The van der Waals surface area contributed by atoms with E-state index in [1.165, 1.54) is 19.2 Å². The maximum atomic E-state index is 12.7. The Morgan fingerprint density at radius 3 is 2.67 bits per heavy atom. The molecule has 0 bridgehead atoms. The minimum atomic E-state index is -0.552. The molecule has 0 fully saturated rings. The van der Waals surface area contributed by atoms with Crippen LogP contribution in [0.3, 0.4) is 0 Å². The third-order valence-corrected chi connectivity index (χ3v) is 5.47. The molecule has 0 radical (unpaired) electrons. The van der Waals surface area contributed by atoms with Crippen LogP contribution in [0.15, 0.2) is 52.9 Å². The van der Waals surface area contributed by atoms with Gasteiger partial charge in [-0.25, -0.2) is 4.98 Å². The number of ether oxygens (including phenoxy) is 1. The number of hydrogen-bond donors (Lipinski definition) is 3. The van der Waals surface area contributed by atoms with E-state index in [9.17, 15) is 9.90 Å². The van der Waals surface area contributed by atoms with Crippen LogP contribution in [-0.2, 0) is 0 Å². The van der Waals surface area contributed by atoms with Crippen molar-refractivity contribution in [1.29, 1.82) is 0 Å². The van der Waals surface area contributed by atoms with Gasteiger partial charge in [-0.05, 0) is 61.1 Å². The zero-order valence-corrected chi connectivity index (χ0v) is 19.7. The minimum absolute atomic E-state index is 0.0201. The van der Waals surface area contributed by atoms with Crippen LogP contribution in [0.1, 0.15) is 15.9 Å². The number of aryl methyl sites for hydroxylation is 1. The molecule has 0 saturated heterocycles. The van der Waals surface area contributed by atoms with Crippen molar-refractivity contribution in [2.45, 2.75) is 6.92 Å². The number of halogens is 2. The number of nitrogens with one attached hydrogen (secondary N) is 2. The third-order valence-electron chi connectivity index (χ3n) is 4.77. The van der Waals surface area contributed by atoms with Crippen molar-refractivity contribution in [2.75, 3.05) is 12.4 Å². The van der Waals surface area contributed by atoms with Gasteiger partial charge in [0.15, 0.2) is 10.7 Å². The molecule has 4 rings (SSSR count). The van der Waals surface area contributed by atoms with Gasteiger partial charge in [-0.3, -0.25) is 10.1 Å². The summed E-state index contributed by atoms with van der Waals surface area (Å²) in [5, 5.41) is 16.6. The fourth-order valence-corrected chi connectivity index (χ4v) is 4.05. The van der Waals surface area contributed by atoms with E-state index in [-0.39, 0.29) is 38.1 Å². The highest BCUT2D eigenvalue weighted by Crippen LogP contribution is 2.36. The van der Waals surface area contributed by atoms with Crippen molar-refractivity contribution in [1.82, 2.24) is 10.3 Å². The van der Waals surface area contributed by atoms with Crippen LogP contribution in [0.5, 0.6) is 11.5 Å². The Labute approximate surface area is 204 Å². The van der Waals surface area contributed by atoms with Crippen molar-refractivity contribution < 1.29 is 19.1 Å². The Kier molecular flexibility index (Phi) is 6.42. The smallest absolute Gasteiger partial charge is 0.261 e. The Balaban J connectivity index is 1.58. The summed E-state index contributed by atoms with van der Waals surface area (Å²) >= 11 is 17.4. The van der Waals surface area contributed by atoms with Gasteiger partial charge in [-0.1, -0.05) is 35.3 Å². The lowest BCUT2D eigenvalue weighted by Crippen LogP contribution is -2.34. The summed E-state index contributed by atoms with van der Waals surface area (Å²) in [5.41, 5.74) is 2.86. The third kappa shape index (κ3) is 4.73. The largest absolute Gasteiger partial charge is 0.507 e. The molecule has 1 heterocycles. The van der Waals surface area contributed by atoms with Crippen LogP contribution >= 0.6 is 35.4 Å². The molecular weight excluding hydrogens is 485 g/mol. The molecule has 3 N–H and O–H groups in total. The number of fused-ring (bicyclic) bond motifs is 1. The van der Waals surface area contributed by atoms with Crippen LogP contribution in [0.25, 0.3) is 22.6 Å². The fraction of sp³-hybridized carbons (Fsp3) is 0.0870. The zero-order valence-electron chi connectivity index (χ0n) is 17.4. The van der Waals surface area contributed by atoms with Crippen LogP contribution in [0.4, 0.5) is 5.69 Å². The number of amides is 1. The maximum Gasteiger partial charge on any atom is 0.261 e. The summed E-state index contributed by atoms with van der Waals surface area (Å²) in [7, 11) is 1.40. The van der Waals surface area contributed by atoms with Gasteiger partial charge in [0, 0.05) is 10.7 Å². The lowest BCUT2D eigenvalue weighted by Gasteiger charge is -2.14. The second-order valence-corrected chi connectivity index (χ2v) is 8.30. The number of anilines is 1. The molecule has 0 aliphatic carbocycles. The lowest BCUT2D eigenvalue weighted by atomic mass is 10.1.